The number of carbonyl (C=O) groups is 2. The SMILES string of the molecule is COc1ccc(S(=O)(=O)N2CCCCCC2)cc1NC(=O)[C@H]1CCCCN1C(=O)c1ccccc1. The Bertz CT molecular complexity index is 1140. The van der Waals surface area contributed by atoms with E-state index in [1.165, 1.54) is 23.5 Å². The molecule has 35 heavy (non-hydrogen) atoms. The van der Waals surface area contributed by atoms with Crippen molar-refractivity contribution in [2.75, 3.05) is 32.1 Å². The maximum Gasteiger partial charge on any atom is 0.254 e. The molecule has 2 aromatic rings. The molecule has 0 aliphatic carbocycles. The first-order valence-electron chi connectivity index (χ1n) is 12.3. The van der Waals surface area contributed by atoms with E-state index in [1.54, 1.807) is 35.2 Å². The van der Waals surface area contributed by atoms with Crippen molar-refractivity contribution in [3.63, 3.8) is 0 Å². The zero-order valence-corrected chi connectivity index (χ0v) is 20.9. The summed E-state index contributed by atoms with van der Waals surface area (Å²) >= 11 is 0. The molecule has 1 N–H and O–H groups in total. The number of anilines is 1. The summed E-state index contributed by atoms with van der Waals surface area (Å²) in [5.74, 6) is -0.170. The van der Waals surface area contributed by atoms with Crippen LogP contribution in [0.3, 0.4) is 0 Å². The summed E-state index contributed by atoms with van der Waals surface area (Å²) in [6.07, 6.45) is 5.92. The van der Waals surface area contributed by atoms with Crippen LogP contribution in [0.25, 0.3) is 0 Å². The smallest absolute Gasteiger partial charge is 0.254 e. The first-order chi connectivity index (χ1) is 16.9. The van der Waals surface area contributed by atoms with Crippen molar-refractivity contribution in [1.82, 2.24) is 9.21 Å². The van der Waals surface area contributed by atoms with Crippen molar-refractivity contribution in [3.8, 4) is 5.75 Å². The van der Waals surface area contributed by atoms with Gasteiger partial charge in [-0.25, -0.2) is 8.42 Å². The fourth-order valence-corrected chi connectivity index (χ4v) is 6.33. The normalized spacial score (nSPS) is 19.6. The van der Waals surface area contributed by atoms with Crippen LogP contribution in [0.15, 0.2) is 53.4 Å². The van der Waals surface area contributed by atoms with Crippen molar-refractivity contribution in [1.29, 1.82) is 0 Å². The lowest BCUT2D eigenvalue weighted by atomic mass is 10.00. The van der Waals surface area contributed by atoms with Crippen molar-refractivity contribution >= 4 is 27.5 Å². The number of carbonyl (C=O) groups excluding carboxylic acids is 2. The Hall–Kier alpha value is -2.91. The van der Waals surface area contributed by atoms with Crippen LogP contribution < -0.4 is 10.1 Å². The number of hydrogen-bond donors (Lipinski definition) is 1. The molecule has 8 nitrogen and oxygen atoms in total. The topological polar surface area (TPSA) is 96.0 Å². The highest BCUT2D eigenvalue weighted by Crippen LogP contribution is 2.31. The Labute approximate surface area is 207 Å². The molecule has 0 bridgehead atoms. The number of piperidine rings is 1. The van der Waals surface area contributed by atoms with E-state index in [1.807, 2.05) is 6.07 Å². The van der Waals surface area contributed by atoms with E-state index in [0.29, 0.717) is 37.4 Å². The van der Waals surface area contributed by atoms with Gasteiger partial charge in [-0.3, -0.25) is 9.59 Å². The predicted molar refractivity (Wildman–Crippen MR) is 134 cm³/mol. The van der Waals surface area contributed by atoms with Gasteiger partial charge < -0.3 is 15.0 Å². The Morgan fingerprint density at radius 2 is 1.60 bits per heavy atom. The monoisotopic (exact) mass is 499 g/mol. The average molecular weight is 500 g/mol. The summed E-state index contributed by atoms with van der Waals surface area (Å²) < 4.78 is 33.5. The van der Waals surface area contributed by atoms with Crippen molar-refractivity contribution in [3.05, 3.63) is 54.1 Å². The molecule has 2 aliphatic heterocycles. The van der Waals surface area contributed by atoms with Crippen LogP contribution in [-0.4, -0.2) is 62.2 Å². The van der Waals surface area contributed by atoms with Gasteiger partial charge in [0.25, 0.3) is 5.91 Å². The van der Waals surface area contributed by atoms with E-state index >= 15 is 0 Å². The van der Waals surface area contributed by atoms with Crippen LogP contribution in [0, 0.1) is 0 Å². The first-order valence-corrected chi connectivity index (χ1v) is 13.7. The minimum atomic E-state index is -3.69. The van der Waals surface area contributed by atoms with E-state index in [-0.39, 0.29) is 22.4 Å². The largest absolute Gasteiger partial charge is 0.495 e. The second-order valence-electron chi connectivity index (χ2n) is 9.05. The molecule has 0 saturated carbocycles. The van der Waals surface area contributed by atoms with Crippen LogP contribution in [0.1, 0.15) is 55.3 Å². The molecule has 2 fully saturated rings. The maximum atomic E-state index is 13.4. The molecule has 188 valence electrons. The maximum absolute atomic E-state index is 13.4. The number of sulfonamides is 1. The standard InChI is InChI=1S/C26H33N3O5S/c1-34-24-15-14-21(35(32,33)28-16-8-2-3-9-17-28)19-22(24)27-25(30)23-13-7-10-18-29(23)26(31)20-11-5-4-6-12-20/h4-6,11-12,14-15,19,23H,2-3,7-10,13,16-18H2,1H3,(H,27,30)/t23-/m1/s1. The van der Waals surface area contributed by atoms with Gasteiger partial charge in [0.15, 0.2) is 0 Å². The third kappa shape index (κ3) is 5.67. The van der Waals surface area contributed by atoms with Crippen LogP contribution in [0.2, 0.25) is 0 Å². The number of rotatable bonds is 6. The van der Waals surface area contributed by atoms with Crippen molar-refractivity contribution in [2.45, 2.75) is 55.9 Å². The molecule has 1 atom stereocenters. The molecule has 2 amide bonds. The number of nitrogens with one attached hydrogen (secondary N) is 1. The van der Waals surface area contributed by atoms with Gasteiger partial charge in [0.1, 0.15) is 11.8 Å². The number of nitrogens with zero attached hydrogens (tertiary/aromatic N) is 2. The summed E-state index contributed by atoms with van der Waals surface area (Å²) in [5.41, 5.74) is 0.821. The van der Waals surface area contributed by atoms with Gasteiger partial charge in [-0.05, 0) is 62.4 Å². The summed E-state index contributed by atoms with van der Waals surface area (Å²) in [4.78, 5) is 28.2. The number of amides is 2. The van der Waals surface area contributed by atoms with E-state index < -0.39 is 16.1 Å². The van der Waals surface area contributed by atoms with E-state index in [0.717, 1.165) is 38.5 Å². The summed E-state index contributed by atoms with van der Waals surface area (Å²) in [7, 11) is -2.22. The molecule has 0 radical (unpaired) electrons. The molecular weight excluding hydrogens is 466 g/mol. The Morgan fingerprint density at radius 3 is 2.29 bits per heavy atom. The van der Waals surface area contributed by atoms with Gasteiger partial charge in [-0.2, -0.15) is 4.31 Å². The number of benzene rings is 2. The van der Waals surface area contributed by atoms with Gasteiger partial charge in [-0.15, -0.1) is 0 Å². The quantitative estimate of drug-likeness (QED) is 0.651. The molecule has 2 saturated heterocycles. The molecule has 0 aromatic heterocycles. The second kappa shape index (κ2) is 11.2. The fourth-order valence-electron chi connectivity index (χ4n) is 4.79. The lowest BCUT2D eigenvalue weighted by Gasteiger charge is -2.35. The third-order valence-electron chi connectivity index (χ3n) is 6.72. The Morgan fingerprint density at radius 1 is 0.914 bits per heavy atom. The van der Waals surface area contributed by atoms with Gasteiger partial charge in [0, 0.05) is 25.2 Å². The summed E-state index contributed by atoms with van der Waals surface area (Å²) in [6.45, 7) is 1.48. The van der Waals surface area contributed by atoms with Crippen molar-refractivity contribution in [2.24, 2.45) is 0 Å². The molecule has 2 heterocycles. The third-order valence-corrected chi connectivity index (χ3v) is 8.61. The first kappa shape index (κ1) is 25.2. The zero-order valence-electron chi connectivity index (χ0n) is 20.1. The number of likely N-dealkylation sites (tertiary alicyclic amines) is 1. The molecule has 0 unspecified atom stereocenters. The molecule has 0 spiro atoms. The highest BCUT2D eigenvalue weighted by atomic mass is 32.2. The van der Waals surface area contributed by atoms with Crippen molar-refractivity contribution < 1.29 is 22.7 Å². The second-order valence-corrected chi connectivity index (χ2v) is 11.0. The number of ether oxygens (including phenoxy) is 1. The van der Waals surface area contributed by atoms with Gasteiger partial charge in [-0.1, -0.05) is 31.0 Å². The molecule has 2 aliphatic rings. The summed E-state index contributed by atoms with van der Waals surface area (Å²) in [5, 5.41) is 2.85. The van der Waals surface area contributed by atoms with E-state index in [9.17, 15) is 18.0 Å². The van der Waals surface area contributed by atoms with Gasteiger partial charge >= 0.3 is 0 Å². The Balaban J connectivity index is 1.57. The lowest BCUT2D eigenvalue weighted by molar-refractivity contribution is -0.121. The molecule has 9 heteroatoms. The van der Waals surface area contributed by atoms with Crippen LogP contribution in [0.5, 0.6) is 5.75 Å². The van der Waals surface area contributed by atoms with E-state index in [2.05, 4.69) is 5.32 Å². The minimum Gasteiger partial charge on any atom is -0.495 e. The Kier molecular flexibility index (Phi) is 8.07. The van der Waals surface area contributed by atoms with Gasteiger partial charge in [0.2, 0.25) is 15.9 Å². The predicted octanol–water partition coefficient (Wildman–Crippen LogP) is 3.89. The fraction of sp³-hybridized carbons (Fsp3) is 0.462. The van der Waals surface area contributed by atoms with Gasteiger partial charge in [0.05, 0.1) is 17.7 Å². The highest BCUT2D eigenvalue weighted by molar-refractivity contribution is 7.89. The van der Waals surface area contributed by atoms with Crippen LogP contribution >= 0.6 is 0 Å². The summed E-state index contributed by atoms with van der Waals surface area (Å²) in [6, 6.07) is 12.8. The average Bonchev–Trinajstić information content (AvgIpc) is 3.19. The molecule has 4 rings (SSSR count). The lowest BCUT2D eigenvalue weighted by Crippen LogP contribution is -2.50. The molecular formula is C26H33N3O5S. The minimum absolute atomic E-state index is 0.122. The van der Waals surface area contributed by atoms with Crippen LogP contribution in [0.4, 0.5) is 5.69 Å². The van der Waals surface area contributed by atoms with Crippen LogP contribution in [-0.2, 0) is 14.8 Å². The van der Waals surface area contributed by atoms with E-state index in [4.69, 9.17) is 4.74 Å². The highest BCUT2D eigenvalue weighted by Gasteiger charge is 2.33. The molecule has 2 aromatic carbocycles. The zero-order chi connectivity index (χ0) is 24.8. The number of hydrogen-bond acceptors (Lipinski definition) is 5. The number of methoxy groups -OCH3 is 1.